The van der Waals surface area contributed by atoms with Crippen molar-refractivity contribution in [2.45, 2.75) is 0 Å². The summed E-state index contributed by atoms with van der Waals surface area (Å²) in [6, 6.07) is 8.78. The zero-order chi connectivity index (χ0) is 14.7. The number of hydrogen-bond acceptors (Lipinski definition) is 4. The van der Waals surface area contributed by atoms with Gasteiger partial charge in [-0.1, -0.05) is 15.9 Å². The normalized spacial score (nSPS) is 10.2. The van der Waals surface area contributed by atoms with Crippen molar-refractivity contribution in [2.24, 2.45) is 0 Å². The van der Waals surface area contributed by atoms with Gasteiger partial charge in [0, 0.05) is 4.47 Å². The first-order chi connectivity index (χ1) is 9.51. The molecular weight excluding hydrogens is 329 g/mol. The van der Waals surface area contributed by atoms with Crippen LogP contribution in [0.3, 0.4) is 0 Å². The second kappa shape index (κ2) is 5.92. The minimum absolute atomic E-state index is 0.0157. The van der Waals surface area contributed by atoms with E-state index in [9.17, 15) is 9.18 Å². The first kappa shape index (κ1) is 14.3. The molecule has 2 aromatic rings. The molecule has 104 valence electrons. The average molecular weight is 340 g/mol. The van der Waals surface area contributed by atoms with E-state index >= 15 is 0 Å². The van der Waals surface area contributed by atoms with Crippen molar-refractivity contribution in [3.63, 3.8) is 0 Å². The number of benzene rings is 2. The predicted octanol–water partition coefficient (Wildman–Crippen LogP) is 3.75. The number of nitrogens with two attached hydrogens (primary N) is 1. The van der Waals surface area contributed by atoms with E-state index < -0.39 is 11.8 Å². The highest BCUT2D eigenvalue weighted by Crippen LogP contribution is 2.31. The fourth-order valence-electron chi connectivity index (χ4n) is 1.54. The zero-order valence-electron chi connectivity index (χ0n) is 10.5. The summed E-state index contributed by atoms with van der Waals surface area (Å²) in [5.41, 5.74) is 6.31. The molecule has 0 aromatic heterocycles. The van der Waals surface area contributed by atoms with Crippen LogP contribution in [0.25, 0.3) is 0 Å². The van der Waals surface area contributed by atoms with E-state index in [1.165, 1.54) is 37.4 Å². The lowest BCUT2D eigenvalue weighted by Crippen LogP contribution is -2.02. The van der Waals surface area contributed by atoms with Crippen LogP contribution < -0.4 is 10.5 Å². The highest BCUT2D eigenvalue weighted by molar-refractivity contribution is 9.10. The molecule has 0 radical (unpaired) electrons. The van der Waals surface area contributed by atoms with Gasteiger partial charge in [-0.25, -0.2) is 9.18 Å². The Labute approximate surface area is 123 Å². The third-order valence-corrected chi connectivity index (χ3v) is 3.04. The summed E-state index contributed by atoms with van der Waals surface area (Å²) in [6.07, 6.45) is 0. The van der Waals surface area contributed by atoms with Crippen molar-refractivity contribution in [3.05, 3.63) is 52.3 Å². The van der Waals surface area contributed by atoms with Crippen molar-refractivity contribution in [2.75, 3.05) is 12.8 Å². The van der Waals surface area contributed by atoms with Gasteiger partial charge < -0.3 is 15.2 Å². The minimum atomic E-state index is -0.540. The molecule has 2 N–H and O–H groups in total. The summed E-state index contributed by atoms with van der Waals surface area (Å²) in [5, 5.41) is 0. The Balaban J connectivity index is 2.35. The fourth-order valence-corrected chi connectivity index (χ4v) is 1.88. The van der Waals surface area contributed by atoms with Gasteiger partial charge in [-0.3, -0.25) is 0 Å². The van der Waals surface area contributed by atoms with Gasteiger partial charge in [0.15, 0.2) is 17.3 Å². The van der Waals surface area contributed by atoms with E-state index in [4.69, 9.17) is 10.5 Å². The van der Waals surface area contributed by atoms with Crippen molar-refractivity contribution < 1.29 is 18.7 Å². The maximum atomic E-state index is 13.7. The molecule has 0 atom stereocenters. The Morgan fingerprint density at radius 2 is 1.95 bits per heavy atom. The number of nitrogen functional groups attached to an aromatic ring is 1. The first-order valence-electron chi connectivity index (χ1n) is 5.62. The van der Waals surface area contributed by atoms with Crippen LogP contribution in [0, 0.1) is 5.82 Å². The van der Waals surface area contributed by atoms with Gasteiger partial charge >= 0.3 is 5.97 Å². The predicted molar refractivity (Wildman–Crippen MR) is 76.4 cm³/mol. The number of halogens is 2. The number of esters is 1. The van der Waals surface area contributed by atoms with E-state index in [2.05, 4.69) is 20.7 Å². The van der Waals surface area contributed by atoms with Crippen LogP contribution in [-0.4, -0.2) is 13.1 Å². The lowest BCUT2D eigenvalue weighted by atomic mass is 10.2. The highest BCUT2D eigenvalue weighted by atomic mass is 79.9. The SMILES string of the molecule is COC(=O)c1ccc(N)c(Oc2ccc(Br)cc2F)c1. The van der Waals surface area contributed by atoms with E-state index in [0.717, 1.165) is 0 Å². The van der Waals surface area contributed by atoms with Crippen molar-refractivity contribution >= 4 is 27.6 Å². The summed E-state index contributed by atoms with van der Waals surface area (Å²) < 4.78 is 24.3. The van der Waals surface area contributed by atoms with Gasteiger partial charge in [0.25, 0.3) is 0 Å². The molecule has 0 heterocycles. The summed E-state index contributed by atoms with van der Waals surface area (Å²) >= 11 is 3.15. The summed E-state index contributed by atoms with van der Waals surface area (Å²) in [5.74, 6) is -0.857. The van der Waals surface area contributed by atoms with E-state index in [1.807, 2.05) is 0 Å². The number of hydrogen-bond donors (Lipinski definition) is 1. The maximum Gasteiger partial charge on any atom is 0.337 e. The van der Waals surface area contributed by atoms with Crippen molar-refractivity contribution in [1.82, 2.24) is 0 Å². The molecule has 0 aliphatic rings. The van der Waals surface area contributed by atoms with Crippen LogP contribution in [0.4, 0.5) is 10.1 Å². The van der Waals surface area contributed by atoms with Gasteiger partial charge in [0.05, 0.1) is 18.4 Å². The van der Waals surface area contributed by atoms with Gasteiger partial charge in [-0.05, 0) is 36.4 Å². The largest absolute Gasteiger partial charge is 0.465 e. The van der Waals surface area contributed by atoms with Crippen LogP contribution in [-0.2, 0) is 4.74 Å². The molecule has 6 heteroatoms. The molecule has 0 fully saturated rings. The molecule has 20 heavy (non-hydrogen) atoms. The Kier molecular flexibility index (Phi) is 4.24. The lowest BCUT2D eigenvalue weighted by molar-refractivity contribution is 0.0600. The topological polar surface area (TPSA) is 61.5 Å². The quantitative estimate of drug-likeness (QED) is 0.683. The van der Waals surface area contributed by atoms with Crippen LogP contribution in [0.5, 0.6) is 11.5 Å². The first-order valence-corrected chi connectivity index (χ1v) is 6.41. The molecule has 2 aromatic carbocycles. The molecule has 0 aliphatic carbocycles. The third-order valence-electron chi connectivity index (χ3n) is 2.55. The molecule has 0 aliphatic heterocycles. The number of anilines is 1. The molecule has 2 rings (SSSR count). The molecule has 0 unspecified atom stereocenters. The molecular formula is C14H11BrFNO3. The van der Waals surface area contributed by atoms with Gasteiger partial charge in [-0.2, -0.15) is 0 Å². The maximum absolute atomic E-state index is 13.7. The van der Waals surface area contributed by atoms with E-state index in [1.54, 1.807) is 6.07 Å². The van der Waals surface area contributed by atoms with Crippen molar-refractivity contribution in [1.29, 1.82) is 0 Å². The summed E-state index contributed by atoms with van der Waals surface area (Å²) in [4.78, 5) is 11.4. The Morgan fingerprint density at radius 3 is 2.60 bits per heavy atom. The summed E-state index contributed by atoms with van der Waals surface area (Å²) in [6.45, 7) is 0. The number of ether oxygens (including phenoxy) is 2. The molecule has 0 saturated carbocycles. The van der Waals surface area contributed by atoms with E-state index in [0.29, 0.717) is 10.2 Å². The van der Waals surface area contributed by atoms with Crippen LogP contribution >= 0.6 is 15.9 Å². The van der Waals surface area contributed by atoms with Gasteiger partial charge in [-0.15, -0.1) is 0 Å². The van der Waals surface area contributed by atoms with Crippen molar-refractivity contribution in [3.8, 4) is 11.5 Å². The Morgan fingerprint density at radius 1 is 1.20 bits per heavy atom. The minimum Gasteiger partial charge on any atom is -0.465 e. The standard InChI is InChI=1S/C14H11BrFNO3/c1-19-14(18)8-2-4-11(17)13(6-8)20-12-5-3-9(15)7-10(12)16/h2-7H,17H2,1H3. The molecule has 0 saturated heterocycles. The van der Waals surface area contributed by atoms with Crippen LogP contribution in [0.15, 0.2) is 40.9 Å². The number of carbonyl (C=O) groups is 1. The smallest absolute Gasteiger partial charge is 0.337 e. The molecule has 0 spiro atoms. The van der Waals surface area contributed by atoms with Gasteiger partial charge in [0.1, 0.15) is 0 Å². The van der Waals surface area contributed by atoms with Crippen LogP contribution in [0.2, 0.25) is 0 Å². The van der Waals surface area contributed by atoms with Gasteiger partial charge in [0.2, 0.25) is 0 Å². The van der Waals surface area contributed by atoms with Crippen LogP contribution in [0.1, 0.15) is 10.4 Å². The number of carbonyl (C=O) groups excluding carboxylic acids is 1. The number of methoxy groups -OCH3 is 1. The third kappa shape index (κ3) is 3.08. The monoisotopic (exact) mass is 339 g/mol. The second-order valence-corrected chi connectivity index (χ2v) is 4.84. The summed E-state index contributed by atoms with van der Waals surface area (Å²) in [7, 11) is 1.27. The molecule has 4 nitrogen and oxygen atoms in total. The molecule has 0 amide bonds. The molecule has 0 bridgehead atoms. The highest BCUT2D eigenvalue weighted by Gasteiger charge is 2.12. The van der Waals surface area contributed by atoms with E-state index in [-0.39, 0.29) is 17.1 Å². The fraction of sp³-hybridized carbons (Fsp3) is 0.0714. The average Bonchev–Trinajstić information content (AvgIpc) is 2.43. The second-order valence-electron chi connectivity index (χ2n) is 3.92. The Bertz CT molecular complexity index is 661. The zero-order valence-corrected chi connectivity index (χ0v) is 12.1. The lowest BCUT2D eigenvalue weighted by Gasteiger charge is -2.10. The Hall–Kier alpha value is -2.08. The number of rotatable bonds is 3.